The first-order valence-electron chi connectivity index (χ1n) is 5.05. The SMILES string of the molecule is C[C@@H](NOCc1ccccc1)C(=O)OP(=O)(O)Cl. The first-order valence-corrected chi connectivity index (χ1v) is 7.54. The van der Waals surface area contributed by atoms with Gasteiger partial charge in [0.2, 0.25) is 0 Å². The third kappa shape index (κ3) is 6.14. The van der Waals surface area contributed by atoms with Crippen molar-refractivity contribution < 1.29 is 23.6 Å². The van der Waals surface area contributed by atoms with Gasteiger partial charge in [-0.25, -0.2) is 9.36 Å². The van der Waals surface area contributed by atoms with Crippen LogP contribution in [-0.2, 0) is 25.3 Å². The van der Waals surface area contributed by atoms with Crippen molar-refractivity contribution in [2.24, 2.45) is 0 Å². The number of nitrogens with one attached hydrogen (secondary N) is 1. The summed E-state index contributed by atoms with van der Waals surface area (Å²) in [6.07, 6.45) is 0. The van der Waals surface area contributed by atoms with E-state index in [-0.39, 0.29) is 6.61 Å². The molecule has 1 aromatic carbocycles. The van der Waals surface area contributed by atoms with Gasteiger partial charge < -0.3 is 9.42 Å². The minimum atomic E-state index is -4.34. The van der Waals surface area contributed by atoms with E-state index >= 15 is 0 Å². The summed E-state index contributed by atoms with van der Waals surface area (Å²) in [6, 6.07) is 8.37. The molecule has 6 nitrogen and oxygen atoms in total. The van der Waals surface area contributed by atoms with Crippen molar-refractivity contribution in [2.75, 3.05) is 0 Å². The second-order valence-electron chi connectivity index (χ2n) is 3.48. The smallest absolute Gasteiger partial charge is 0.379 e. The van der Waals surface area contributed by atoms with Crippen LogP contribution >= 0.6 is 18.2 Å². The lowest BCUT2D eigenvalue weighted by atomic mass is 10.2. The molecule has 0 spiro atoms. The highest BCUT2D eigenvalue weighted by atomic mass is 35.7. The lowest BCUT2D eigenvalue weighted by Gasteiger charge is -2.13. The van der Waals surface area contributed by atoms with E-state index in [0.29, 0.717) is 0 Å². The van der Waals surface area contributed by atoms with Gasteiger partial charge in [-0.3, -0.25) is 4.84 Å². The van der Waals surface area contributed by atoms with E-state index in [1.807, 2.05) is 30.3 Å². The molecule has 0 fully saturated rings. The maximum absolute atomic E-state index is 11.2. The fourth-order valence-corrected chi connectivity index (χ4v) is 1.65. The molecule has 0 heterocycles. The largest absolute Gasteiger partial charge is 0.476 e. The van der Waals surface area contributed by atoms with Gasteiger partial charge in [-0.2, -0.15) is 5.48 Å². The number of carbonyl (C=O) groups is 1. The predicted molar refractivity (Wildman–Crippen MR) is 65.6 cm³/mol. The first-order chi connectivity index (χ1) is 8.38. The number of benzene rings is 1. The molecule has 0 aliphatic carbocycles. The van der Waals surface area contributed by atoms with Crippen molar-refractivity contribution in [2.45, 2.75) is 19.6 Å². The Morgan fingerprint density at radius 1 is 1.50 bits per heavy atom. The minimum absolute atomic E-state index is 0.246. The van der Waals surface area contributed by atoms with E-state index < -0.39 is 19.0 Å². The summed E-state index contributed by atoms with van der Waals surface area (Å²) in [5.41, 5.74) is 3.30. The fraction of sp³-hybridized carbons (Fsp3) is 0.300. The second kappa shape index (κ2) is 6.87. The van der Waals surface area contributed by atoms with E-state index in [2.05, 4.69) is 10.0 Å². The van der Waals surface area contributed by atoms with Crippen LogP contribution in [0.15, 0.2) is 30.3 Å². The highest BCUT2D eigenvalue weighted by molar-refractivity contribution is 7.80. The summed E-state index contributed by atoms with van der Waals surface area (Å²) in [5, 5.41) is 0. The Labute approximate surface area is 109 Å². The maximum atomic E-state index is 11.2. The zero-order valence-electron chi connectivity index (χ0n) is 9.58. The maximum Gasteiger partial charge on any atom is 0.476 e. The average Bonchev–Trinajstić information content (AvgIpc) is 2.28. The van der Waals surface area contributed by atoms with Crippen LogP contribution in [0.3, 0.4) is 0 Å². The van der Waals surface area contributed by atoms with Crippen LogP contribution in [0.5, 0.6) is 0 Å². The molecule has 18 heavy (non-hydrogen) atoms. The monoisotopic (exact) mass is 293 g/mol. The first kappa shape index (κ1) is 15.1. The van der Waals surface area contributed by atoms with Gasteiger partial charge in [0.05, 0.1) is 6.61 Å². The van der Waals surface area contributed by atoms with Crippen molar-refractivity contribution in [3.8, 4) is 0 Å². The van der Waals surface area contributed by atoms with Crippen LogP contribution in [-0.4, -0.2) is 16.9 Å². The molecule has 2 N–H and O–H groups in total. The normalized spacial score (nSPS) is 15.7. The molecule has 0 radical (unpaired) electrons. The van der Waals surface area contributed by atoms with Gasteiger partial charge in [0.15, 0.2) is 0 Å². The Morgan fingerprint density at radius 2 is 2.11 bits per heavy atom. The standard InChI is InChI=1S/C10H13ClNO5P/c1-8(10(13)17-18(11,14)15)12-16-7-9-5-3-2-4-6-9/h2-6,8,12H,7H2,1H3,(H,14,15)/t8-/m1/s1. The molecule has 1 aromatic rings. The van der Waals surface area contributed by atoms with Gasteiger partial charge in [-0.1, -0.05) is 30.3 Å². The lowest BCUT2D eigenvalue weighted by molar-refractivity contribution is -0.141. The summed E-state index contributed by atoms with van der Waals surface area (Å²) in [6.45, 7) is -2.68. The topological polar surface area (TPSA) is 84.9 Å². The molecule has 0 aliphatic rings. The van der Waals surface area contributed by atoms with E-state index in [1.54, 1.807) is 0 Å². The molecule has 1 unspecified atom stereocenters. The van der Waals surface area contributed by atoms with Crippen LogP contribution in [0.2, 0.25) is 0 Å². The molecule has 2 atom stereocenters. The van der Waals surface area contributed by atoms with E-state index in [0.717, 1.165) is 5.56 Å². The van der Waals surface area contributed by atoms with Gasteiger partial charge in [0.1, 0.15) is 6.04 Å². The van der Waals surface area contributed by atoms with Gasteiger partial charge >= 0.3 is 12.9 Å². The summed E-state index contributed by atoms with van der Waals surface area (Å²) in [5.74, 6) is -0.969. The van der Waals surface area contributed by atoms with Crippen LogP contribution in [0.25, 0.3) is 0 Å². The number of halogens is 1. The molecule has 0 bridgehead atoms. The third-order valence-corrected chi connectivity index (χ3v) is 2.51. The molecule has 0 aliphatic heterocycles. The number of rotatable bonds is 6. The van der Waals surface area contributed by atoms with Crippen molar-refractivity contribution in [3.05, 3.63) is 35.9 Å². The number of hydrogen-bond acceptors (Lipinski definition) is 5. The highest BCUT2D eigenvalue weighted by Crippen LogP contribution is 2.47. The summed E-state index contributed by atoms with van der Waals surface area (Å²) in [7, 11) is 0. The van der Waals surface area contributed by atoms with Crippen molar-refractivity contribution >= 4 is 24.2 Å². The van der Waals surface area contributed by atoms with Crippen LogP contribution in [0.1, 0.15) is 12.5 Å². The Hall–Kier alpha value is -0.910. The molecule has 100 valence electrons. The summed E-state index contributed by atoms with van der Waals surface area (Å²) >= 11 is 4.90. The molecule has 0 saturated heterocycles. The van der Waals surface area contributed by atoms with Gasteiger partial charge in [0, 0.05) is 11.2 Å². The fourth-order valence-electron chi connectivity index (χ4n) is 1.06. The second-order valence-corrected chi connectivity index (χ2v) is 5.84. The molecule has 8 heteroatoms. The van der Waals surface area contributed by atoms with Crippen molar-refractivity contribution in [1.82, 2.24) is 5.48 Å². The summed E-state index contributed by atoms with van der Waals surface area (Å²) in [4.78, 5) is 24.9. The van der Waals surface area contributed by atoms with Crippen LogP contribution in [0.4, 0.5) is 0 Å². The van der Waals surface area contributed by atoms with Gasteiger partial charge in [-0.15, -0.1) is 0 Å². The number of hydroxylamine groups is 1. The Bertz CT molecular complexity index is 435. The van der Waals surface area contributed by atoms with Crippen molar-refractivity contribution in [1.29, 1.82) is 0 Å². The third-order valence-electron chi connectivity index (χ3n) is 1.90. The molecule has 1 rings (SSSR count). The quantitative estimate of drug-likeness (QED) is 0.616. The molecule has 0 amide bonds. The van der Waals surface area contributed by atoms with Gasteiger partial charge in [-0.05, 0) is 12.5 Å². The molecule has 0 aromatic heterocycles. The van der Waals surface area contributed by atoms with Gasteiger partial charge in [0.25, 0.3) is 0 Å². The number of carbonyl (C=O) groups excluding carboxylic acids is 1. The zero-order chi connectivity index (χ0) is 13.6. The predicted octanol–water partition coefficient (Wildman–Crippen LogP) is 1.98. The lowest BCUT2D eigenvalue weighted by Crippen LogP contribution is -2.34. The van der Waals surface area contributed by atoms with Crippen LogP contribution < -0.4 is 5.48 Å². The van der Waals surface area contributed by atoms with Crippen LogP contribution in [0, 0.1) is 0 Å². The van der Waals surface area contributed by atoms with E-state index in [9.17, 15) is 9.36 Å². The average molecular weight is 294 g/mol. The highest BCUT2D eigenvalue weighted by Gasteiger charge is 2.24. The minimum Gasteiger partial charge on any atom is -0.379 e. The van der Waals surface area contributed by atoms with E-state index in [1.165, 1.54) is 6.92 Å². The molecule has 0 saturated carbocycles. The Morgan fingerprint density at radius 3 is 2.67 bits per heavy atom. The van der Waals surface area contributed by atoms with Crippen molar-refractivity contribution in [3.63, 3.8) is 0 Å². The Kier molecular flexibility index (Phi) is 5.78. The van der Waals surface area contributed by atoms with E-state index in [4.69, 9.17) is 21.0 Å². The zero-order valence-corrected chi connectivity index (χ0v) is 11.2. The number of hydrogen-bond donors (Lipinski definition) is 2. The molecular weight excluding hydrogens is 281 g/mol. The summed E-state index contributed by atoms with van der Waals surface area (Å²) < 4.78 is 14.7. The molecular formula is C10H13ClNO5P. The Balaban J connectivity index is 2.31.